The second kappa shape index (κ2) is 11.5. The molecule has 5 heteroatoms. The average molecular weight is 354 g/mol. The third-order valence-electron chi connectivity index (χ3n) is 4.21. The summed E-state index contributed by atoms with van der Waals surface area (Å²) in [7, 11) is 0. The van der Waals surface area contributed by atoms with Crippen molar-refractivity contribution in [2.45, 2.75) is 33.1 Å². The number of nitrogens with one attached hydrogen (secondary N) is 2. The van der Waals surface area contributed by atoms with Crippen LogP contribution in [0, 0.1) is 5.92 Å². The molecular formula is C19H32ClN3O. The molecule has 0 spiro atoms. The van der Waals surface area contributed by atoms with E-state index in [1.54, 1.807) is 0 Å². The number of nitrogens with zero attached hydrogens (tertiary/aromatic N) is 1. The minimum Gasteiger partial charge on any atom is -0.356 e. The number of benzene rings is 1. The van der Waals surface area contributed by atoms with E-state index in [0.29, 0.717) is 12.3 Å². The quantitative estimate of drug-likeness (QED) is 0.705. The van der Waals surface area contributed by atoms with Crippen molar-refractivity contribution in [1.82, 2.24) is 15.5 Å². The van der Waals surface area contributed by atoms with Crippen LogP contribution in [0.15, 0.2) is 24.3 Å². The molecule has 1 saturated heterocycles. The van der Waals surface area contributed by atoms with E-state index in [9.17, 15) is 4.79 Å². The lowest BCUT2D eigenvalue weighted by Gasteiger charge is -2.27. The van der Waals surface area contributed by atoms with E-state index < -0.39 is 0 Å². The Morgan fingerprint density at radius 2 is 1.79 bits per heavy atom. The van der Waals surface area contributed by atoms with Gasteiger partial charge in [0.2, 0.25) is 5.91 Å². The second-order valence-corrected chi connectivity index (χ2v) is 6.89. The number of amides is 1. The highest BCUT2D eigenvalue weighted by atomic mass is 35.5. The average Bonchev–Trinajstić information content (AvgIpc) is 2.54. The molecule has 2 rings (SSSR count). The van der Waals surface area contributed by atoms with Crippen molar-refractivity contribution in [1.29, 1.82) is 0 Å². The van der Waals surface area contributed by atoms with Crippen LogP contribution in [-0.4, -0.2) is 50.1 Å². The zero-order chi connectivity index (χ0) is 16.5. The maximum Gasteiger partial charge on any atom is 0.224 e. The summed E-state index contributed by atoms with van der Waals surface area (Å²) in [5, 5.41) is 6.39. The van der Waals surface area contributed by atoms with Gasteiger partial charge in [-0.3, -0.25) is 4.79 Å². The smallest absolute Gasteiger partial charge is 0.224 e. The molecule has 1 amide bonds. The summed E-state index contributed by atoms with van der Waals surface area (Å²) in [6.45, 7) is 10.7. The zero-order valence-corrected chi connectivity index (χ0v) is 15.8. The van der Waals surface area contributed by atoms with Gasteiger partial charge in [-0.25, -0.2) is 0 Å². The molecule has 1 aromatic carbocycles. The fraction of sp³-hybridized carbons (Fsp3) is 0.632. The lowest BCUT2D eigenvalue weighted by atomic mass is 10.0. The largest absolute Gasteiger partial charge is 0.356 e. The van der Waals surface area contributed by atoms with Gasteiger partial charge < -0.3 is 15.5 Å². The fourth-order valence-electron chi connectivity index (χ4n) is 2.98. The topological polar surface area (TPSA) is 44.4 Å². The monoisotopic (exact) mass is 353 g/mol. The van der Waals surface area contributed by atoms with Gasteiger partial charge in [-0.2, -0.15) is 0 Å². The summed E-state index contributed by atoms with van der Waals surface area (Å²) < 4.78 is 0. The summed E-state index contributed by atoms with van der Waals surface area (Å²) in [6, 6.07) is 8.45. The van der Waals surface area contributed by atoms with E-state index in [1.807, 2.05) is 0 Å². The van der Waals surface area contributed by atoms with Crippen LogP contribution < -0.4 is 10.6 Å². The third kappa shape index (κ3) is 8.13. The first-order valence-corrected chi connectivity index (χ1v) is 8.91. The highest BCUT2D eigenvalue weighted by Gasteiger charge is 2.09. The summed E-state index contributed by atoms with van der Waals surface area (Å²) in [4.78, 5) is 14.4. The standard InChI is InChI=1S/C19H31N3O.ClH/c1-16(2)14-17-4-6-18(7-5-17)15-19(23)21-8-3-11-22-12-9-20-10-13-22;/h4-7,16,20H,3,8-15H2,1-2H3,(H,21,23);1H. The van der Waals surface area contributed by atoms with Gasteiger partial charge in [0.1, 0.15) is 0 Å². The zero-order valence-electron chi connectivity index (χ0n) is 15.0. The predicted molar refractivity (Wildman–Crippen MR) is 103 cm³/mol. The maximum absolute atomic E-state index is 12.0. The molecule has 0 bridgehead atoms. The molecular weight excluding hydrogens is 322 g/mol. The van der Waals surface area contributed by atoms with Crippen LogP contribution in [0.25, 0.3) is 0 Å². The van der Waals surface area contributed by atoms with Crippen LogP contribution >= 0.6 is 12.4 Å². The Kier molecular flexibility index (Phi) is 9.99. The van der Waals surface area contributed by atoms with Crippen molar-refractivity contribution in [3.63, 3.8) is 0 Å². The number of hydrogen-bond acceptors (Lipinski definition) is 3. The van der Waals surface area contributed by atoms with Crippen molar-refractivity contribution < 1.29 is 4.79 Å². The summed E-state index contributed by atoms with van der Waals surface area (Å²) in [5.74, 6) is 0.793. The Labute approximate surface area is 152 Å². The number of piperazine rings is 1. The van der Waals surface area contributed by atoms with Gasteiger partial charge in [0, 0.05) is 32.7 Å². The Morgan fingerprint density at radius 1 is 1.17 bits per heavy atom. The van der Waals surface area contributed by atoms with E-state index in [0.717, 1.165) is 57.7 Å². The van der Waals surface area contributed by atoms with Crippen molar-refractivity contribution in [3.8, 4) is 0 Å². The Hall–Kier alpha value is -1.10. The van der Waals surface area contributed by atoms with Gasteiger partial charge in [0.25, 0.3) is 0 Å². The second-order valence-electron chi connectivity index (χ2n) is 6.89. The SMILES string of the molecule is CC(C)Cc1ccc(CC(=O)NCCCN2CCNCC2)cc1.Cl. The molecule has 0 atom stereocenters. The van der Waals surface area contributed by atoms with Gasteiger partial charge >= 0.3 is 0 Å². The molecule has 1 aromatic rings. The molecule has 1 aliphatic rings. The van der Waals surface area contributed by atoms with Crippen molar-refractivity contribution in [2.75, 3.05) is 39.3 Å². The predicted octanol–water partition coefficient (Wildman–Crippen LogP) is 2.26. The summed E-state index contributed by atoms with van der Waals surface area (Å²) in [5.41, 5.74) is 2.44. The molecule has 2 N–H and O–H groups in total. The van der Waals surface area contributed by atoms with Gasteiger partial charge in [0.15, 0.2) is 0 Å². The Morgan fingerprint density at radius 3 is 2.42 bits per heavy atom. The fourth-order valence-corrected chi connectivity index (χ4v) is 2.98. The highest BCUT2D eigenvalue weighted by molar-refractivity contribution is 5.85. The van der Waals surface area contributed by atoms with E-state index in [4.69, 9.17) is 0 Å². The molecule has 1 aliphatic heterocycles. The molecule has 4 nitrogen and oxygen atoms in total. The van der Waals surface area contributed by atoms with Crippen LogP contribution in [0.3, 0.4) is 0 Å². The van der Waals surface area contributed by atoms with Crippen LogP contribution in [0.5, 0.6) is 0 Å². The Bertz CT molecular complexity index is 470. The number of carbonyl (C=O) groups is 1. The highest BCUT2D eigenvalue weighted by Crippen LogP contribution is 2.10. The van der Waals surface area contributed by atoms with E-state index in [1.165, 1.54) is 5.56 Å². The Balaban J connectivity index is 0.00000288. The van der Waals surface area contributed by atoms with E-state index >= 15 is 0 Å². The summed E-state index contributed by atoms with van der Waals surface area (Å²) >= 11 is 0. The minimum atomic E-state index is 0. The molecule has 0 aromatic heterocycles. The van der Waals surface area contributed by atoms with Crippen LogP contribution in [0.2, 0.25) is 0 Å². The first-order valence-electron chi connectivity index (χ1n) is 8.91. The van der Waals surface area contributed by atoms with Gasteiger partial charge in [0.05, 0.1) is 6.42 Å². The van der Waals surface area contributed by atoms with Gasteiger partial charge in [-0.15, -0.1) is 12.4 Å². The molecule has 1 heterocycles. The van der Waals surface area contributed by atoms with Gasteiger partial charge in [-0.05, 0) is 36.4 Å². The third-order valence-corrected chi connectivity index (χ3v) is 4.21. The number of halogens is 1. The van der Waals surface area contributed by atoms with Crippen LogP contribution in [-0.2, 0) is 17.6 Å². The van der Waals surface area contributed by atoms with Crippen molar-refractivity contribution in [2.24, 2.45) is 5.92 Å². The summed E-state index contributed by atoms with van der Waals surface area (Å²) in [6.07, 6.45) is 2.60. The normalized spacial score (nSPS) is 15.1. The first kappa shape index (κ1) is 20.9. The minimum absolute atomic E-state index is 0. The molecule has 0 radical (unpaired) electrons. The van der Waals surface area contributed by atoms with Crippen molar-refractivity contribution >= 4 is 18.3 Å². The lowest BCUT2D eigenvalue weighted by Crippen LogP contribution is -2.44. The lowest BCUT2D eigenvalue weighted by molar-refractivity contribution is -0.120. The van der Waals surface area contributed by atoms with Crippen molar-refractivity contribution in [3.05, 3.63) is 35.4 Å². The van der Waals surface area contributed by atoms with E-state index in [-0.39, 0.29) is 18.3 Å². The van der Waals surface area contributed by atoms with Gasteiger partial charge in [-0.1, -0.05) is 38.1 Å². The first-order chi connectivity index (χ1) is 11.1. The van der Waals surface area contributed by atoms with Crippen LogP contribution in [0.4, 0.5) is 0 Å². The number of hydrogen-bond donors (Lipinski definition) is 2. The van der Waals surface area contributed by atoms with E-state index in [2.05, 4.69) is 53.6 Å². The number of rotatable bonds is 8. The molecule has 0 unspecified atom stereocenters. The molecule has 0 saturated carbocycles. The van der Waals surface area contributed by atoms with Crippen LogP contribution in [0.1, 0.15) is 31.4 Å². The maximum atomic E-state index is 12.0. The number of carbonyl (C=O) groups excluding carboxylic acids is 1. The molecule has 136 valence electrons. The molecule has 1 fully saturated rings. The molecule has 0 aliphatic carbocycles. The molecule has 24 heavy (non-hydrogen) atoms.